The Labute approximate surface area is 141 Å². The zero-order chi connectivity index (χ0) is 17.9. The van der Waals surface area contributed by atoms with Crippen molar-refractivity contribution in [1.29, 1.82) is 0 Å². The molecule has 7 nitrogen and oxygen atoms in total. The second-order valence-electron chi connectivity index (χ2n) is 6.17. The fraction of sp³-hybridized carbons (Fsp3) is 0.500. The average molecular weight is 353 g/mol. The molecule has 1 aromatic rings. The molecule has 1 heterocycles. The van der Waals surface area contributed by atoms with Crippen LogP contribution in [-0.4, -0.2) is 49.5 Å². The second kappa shape index (κ2) is 7.31. The summed E-state index contributed by atoms with van der Waals surface area (Å²) in [5, 5.41) is 0. The van der Waals surface area contributed by atoms with Crippen molar-refractivity contribution in [2.24, 2.45) is 11.5 Å². The van der Waals surface area contributed by atoms with Gasteiger partial charge in [0, 0.05) is 24.2 Å². The fourth-order valence-corrected chi connectivity index (χ4v) is 4.09. The number of benzene rings is 1. The molecule has 1 saturated heterocycles. The number of carbonyl (C=O) groups excluding carboxylic acids is 2. The number of nitrogens with zero attached hydrogens (tertiary/aromatic N) is 1. The van der Waals surface area contributed by atoms with E-state index < -0.39 is 21.5 Å². The quantitative estimate of drug-likeness (QED) is 0.787. The van der Waals surface area contributed by atoms with Crippen LogP contribution in [0.3, 0.4) is 0 Å². The molecule has 0 spiro atoms. The van der Waals surface area contributed by atoms with E-state index in [1.54, 1.807) is 4.90 Å². The van der Waals surface area contributed by atoms with Gasteiger partial charge in [-0.2, -0.15) is 0 Å². The van der Waals surface area contributed by atoms with E-state index in [4.69, 9.17) is 11.5 Å². The van der Waals surface area contributed by atoms with Crippen LogP contribution in [0.25, 0.3) is 0 Å². The van der Waals surface area contributed by atoms with Crippen LogP contribution in [0.4, 0.5) is 0 Å². The predicted molar refractivity (Wildman–Crippen MR) is 90.0 cm³/mol. The van der Waals surface area contributed by atoms with Gasteiger partial charge in [0.05, 0.1) is 4.90 Å². The summed E-state index contributed by atoms with van der Waals surface area (Å²) in [5.41, 5.74) is 11.3. The molecule has 4 N–H and O–H groups in total. The number of amides is 2. The minimum absolute atomic E-state index is 0.00970. The maximum absolute atomic E-state index is 12.7. The predicted octanol–water partition coefficient (Wildman–Crippen LogP) is 0.288. The molecule has 0 saturated carbocycles. The normalized spacial score (nSPS) is 19.8. The highest BCUT2D eigenvalue weighted by molar-refractivity contribution is 7.92. The molecular weight excluding hydrogens is 330 g/mol. The Hall–Kier alpha value is -1.93. The zero-order valence-electron chi connectivity index (χ0n) is 13.6. The van der Waals surface area contributed by atoms with Gasteiger partial charge in [-0.15, -0.1) is 0 Å². The Balaban J connectivity index is 2.21. The van der Waals surface area contributed by atoms with Crippen molar-refractivity contribution in [1.82, 2.24) is 4.90 Å². The first-order chi connectivity index (χ1) is 11.2. The van der Waals surface area contributed by atoms with Gasteiger partial charge in [0.2, 0.25) is 5.91 Å². The number of carbonyl (C=O) groups is 2. The van der Waals surface area contributed by atoms with Gasteiger partial charge in [0.25, 0.3) is 5.91 Å². The third-order valence-corrected chi connectivity index (χ3v) is 5.86. The number of primary amides is 1. The number of rotatable bonds is 5. The van der Waals surface area contributed by atoms with Crippen LogP contribution in [0.2, 0.25) is 0 Å². The van der Waals surface area contributed by atoms with Gasteiger partial charge in [-0.25, -0.2) is 8.42 Å². The summed E-state index contributed by atoms with van der Waals surface area (Å²) in [6, 6.07) is 5.45. The Morgan fingerprint density at radius 3 is 2.42 bits per heavy atom. The highest BCUT2D eigenvalue weighted by Gasteiger charge is 2.30. The third kappa shape index (κ3) is 4.12. The Bertz CT molecular complexity index is 713. The second-order valence-corrected chi connectivity index (χ2v) is 8.16. The van der Waals surface area contributed by atoms with Gasteiger partial charge in [-0.05, 0) is 50.5 Å². The molecule has 2 atom stereocenters. The van der Waals surface area contributed by atoms with Crippen LogP contribution in [0.15, 0.2) is 29.2 Å². The smallest absolute Gasteiger partial charge is 0.254 e. The molecule has 1 aliphatic heterocycles. The largest absolute Gasteiger partial charge is 0.369 e. The van der Waals surface area contributed by atoms with Crippen LogP contribution in [0.1, 0.15) is 36.5 Å². The topological polar surface area (TPSA) is 124 Å². The maximum Gasteiger partial charge on any atom is 0.254 e. The van der Waals surface area contributed by atoms with Crippen molar-refractivity contribution in [3.05, 3.63) is 29.8 Å². The number of likely N-dealkylation sites (tertiary alicyclic amines) is 1. The van der Waals surface area contributed by atoms with Crippen molar-refractivity contribution in [2.45, 2.75) is 43.2 Å². The van der Waals surface area contributed by atoms with E-state index in [1.165, 1.54) is 24.3 Å². The van der Waals surface area contributed by atoms with E-state index in [9.17, 15) is 18.0 Å². The SMILES string of the molecule is C[C@@H](N)[C@H]1CCCCN1C(=O)c1ccc(S(=O)(=O)CC(N)=O)cc1. The fourth-order valence-electron chi connectivity index (χ4n) is 3.00. The monoisotopic (exact) mass is 353 g/mol. The summed E-state index contributed by atoms with van der Waals surface area (Å²) < 4.78 is 23.9. The first kappa shape index (κ1) is 18.4. The van der Waals surface area contributed by atoms with Crippen molar-refractivity contribution in [2.75, 3.05) is 12.3 Å². The van der Waals surface area contributed by atoms with E-state index in [1.807, 2.05) is 6.92 Å². The molecule has 2 amide bonds. The highest BCUT2D eigenvalue weighted by Crippen LogP contribution is 2.22. The van der Waals surface area contributed by atoms with Crippen molar-refractivity contribution in [3.8, 4) is 0 Å². The molecule has 0 radical (unpaired) electrons. The van der Waals surface area contributed by atoms with Gasteiger partial charge in [-0.3, -0.25) is 9.59 Å². The molecule has 1 aromatic carbocycles. The summed E-state index contributed by atoms with van der Waals surface area (Å²) >= 11 is 0. The lowest BCUT2D eigenvalue weighted by Gasteiger charge is -2.38. The Kier molecular flexibility index (Phi) is 5.61. The highest BCUT2D eigenvalue weighted by atomic mass is 32.2. The molecule has 0 unspecified atom stereocenters. The zero-order valence-corrected chi connectivity index (χ0v) is 14.5. The molecule has 1 aliphatic rings. The first-order valence-corrected chi connectivity index (χ1v) is 9.55. The van der Waals surface area contributed by atoms with Crippen LogP contribution >= 0.6 is 0 Å². The number of sulfone groups is 1. The van der Waals surface area contributed by atoms with E-state index >= 15 is 0 Å². The lowest BCUT2D eigenvalue weighted by atomic mass is 9.96. The van der Waals surface area contributed by atoms with Crippen molar-refractivity contribution < 1.29 is 18.0 Å². The van der Waals surface area contributed by atoms with Crippen LogP contribution < -0.4 is 11.5 Å². The number of hydrogen-bond donors (Lipinski definition) is 2. The molecule has 0 aromatic heterocycles. The summed E-state index contributed by atoms with van der Waals surface area (Å²) in [4.78, 5) is 25.3. The molecular formula is C16H23N3O4S. The minimum atomic E-state index is -3.77. The van der Waals surface area contributed by atoms with Crippen molar-refractivity contribution >= 4 is 21.7 Å². The molecule has 0 aliphatic carbocycles. The Morgan fingerprint density at radius 2 is 1.88 bits per heavy atom. The average Bonchev–Trinajstić information content (AvgIpc) is 2.53. The number of hydrogen-bond acceptors (Lipinski definition) is 5. The maximum atomic E-state index is 12.7. The molecule has 2 rings (SSSR count). The minimum Gasteiger partial charge on any atom is -0.369 e. The van der Waals surface area contributed by atoms with E-state index in [0.29, 0.717) is 12.1 Å². The lowest BCUT2D eigenvalue weighted by molar-refractivity contribution is -0.115. The van der Waals surface area contributed by atoms with Crippen LogP contribution in [0.5, 0.6) is 0 Å². The third-order valence-electron chi connectivity index (χ3n) is 4.21. The number of piperidine rings is 1. The molecule has 8 heteroatoms. The number of nitrogens with two attached hydrogens (primary N) is 2. The summed E-state index contributed by atoms with van der Waals surface area (Å²) in [7, 11) is -3.77. The summed E-state index contributed by atoms with van der Waals surface area (Å²) in [6.07, 6.45) is 2.84. The first-order valence-electron chi connectivity index (χ1n) is 7.90. The Morgan fingerprint density at radius 1 is 1.25 bits per heavy atom. The standard InChI is InChI=1S/C16H23N3O4S/c1-11(17)14-4-2-3-9-19(14)16(21)12-5-7-13(8-6-12)24(22,23)10-15(18)20/h5-8,11,14H,2-4,9-10,17H2,1H3,(H2,18,20)/t11-,14-/m1/s1. The summed E-state index contributed by atoms with van der Waals surface area (Å²) in [6.45, 7) is 2.53. The lowest BCUT2D eigenvalue weighted by Crippen LogP contribution is -2.51. The molecule has 24 heavy (non-hydrogen) atoms. The van der Waals surface area contributed by atoms with Gasteiger partial charge in [-0.1, -0.05) is 0 Å². The van der Waals surface area contributed by atoms with Gasteiger partial charge < -0.3 is 16.4 Å². The molecule has 0 bridgehead atoms. The van der Waals surface area contributed by atoms with Crippen LogP contribution in [0, 0.1) is 0 Å². The van der Waals surface area contributed by atoms with E-state index in [2.05, 4.69) is 0 Å². The van der Waals surface area contributed by atoms with Gasteiger partial charge >= 0.3 is 0 Å². The van der Waals surface area contributed by atoms with Crippen molar-refractivity contribution in [3.63, 3.8) is 0 Å². The van der Waals surface area contributed by atoms with Crippen LogP contribution in [-0.2, 0) is 14.6 Å². The van der Waals surface area contributed by atoms with Gasteiger partial charge in [0.1, 0.15) is 5.75 Å². The molecule has 1 fully saturated rings. The van der Waals surface area contributed by atoms with E-state index in [-0.39, 0.29) is 22.9 Å². The summed E-state index contributed by atoms with van der Waals surface area (Å²) in [5.74, 6) is -1.82. The molecule has 132 valence electrons. The van der Waals surface area contributed by atoms with Gasteiger partial charge in [0.15, 0.2) is 9.84 Å². The van der Waals surface area contributed by atoms with E-state index in [0.717, 1.165) is 19.3 Å².